The molecule has 0 saturated carbocycles. The van der Waals surface area contributed by atoms with Gasteiger partial charge in [-0.15, -0.1) is 0 Å². The van der Waals surface area contributed by atoms with E-state index in [0.29, 0.717) is 0 Å². The van der Waals surface area contributed by atoms with Crippen molar-refractivity contribution in [3.8, 4) is 0 Å². The van der Waals surface area contributed by atoms with Crippen molar-refractivity contribution in [1.82, 2.24) is 0 Å². The average Bonchev–Trinajstić information content (AvgIpc) is 2.37. The van der Waals surface area contributed by atoms with Crippen molar-refractivity contribution in [3.63, 3.8) is 0 Å². The molecule has 1 aromatic carbocycles. The summed E-state index contributed by atoms with van der Waals surface area (Å²) in [5.74, 6) is -7.74. The molecule has 0 unspecified atom stereocenters. The zero-order valence-corrected chi connectivity index (χ0v) is 11.3. The van der Waals surface area contributed by atoms with Crippen LogP contribution < -0.4 is 0 Å². The summed E-state index contributed by atoms with van der Waals surface area (Å²) in [4.78, 5) is 23.5. The van der Waals surface area contributed by atoms with Crippen LogP contribution >= 0.6 is 0 Å². The summed E-state index contributed by atoms with van der Waals surface area (Å²) in [6.07, 6.45) is 0. The number of rotatable bonds is 5. The Morgan fingerprint density at radius 1 is 1.05 bits per heavy atom. The Morgan fingerprint density at radius 3 is 1.76 bits per heavy atom. The molecule has 1 rings (SSSR count). The third-order valence-corrected chi connectivity index (χ3v) is 2.51. The standard InChI is InChI=1S/C13H13F3O5/c1-3-20-11(17)13(19,12(18)21-4-2)10-8(15)5-7(14)6-9(10)16/h5-6,19H,3-4H2,1-2H3. The van der Waals surface area contributed by atoms with Gasteiger partial charge in [-0.25, -0.2) is 22.8 Å². The molecule has 0 amide bonds. The first-order valence-corrected chi connectivity index (χ1v) is 6.00. The molecule has 116 valence electrons. The van der Waals surface area contributed by atoms with Crippen LogP contribution in [0.3, 0.4) is 0 Å². The molecule has 0 heterocycles. The fourth-order valence-electron chi connectivity index (χ4n) is 1.65. The van der Waals surface area contributed by atoms with Crippen molar-refractivity contribution in [2.24, 2.45) is 0 Å². The average molecular weight is 306 g/mol. The molecular formula is C13H13F3O5. The van der Waals surface area contributed by atoms with Crippen molar-refractivity contribution in [2.75, 3.05) is 13.2 Å². The SMILES string of the molecule is CCOC(=O)C(O)(C(=O)OCC)c1c(F)cc(F)cc1F. The van der Waals surface area contributed by atoms with Crippen molar-refractivity contribution in [2.45, 2.75) is 19.4 Å². The number of hydrogen-bond acceptors (Lipinski definition) is 5. The maximum Gasteiger partial charge on any atom is 0.355 e. The third-order valence-electron chi connectivity index (χ3n) is 2.51. The highest BCUT2D eigenvalue weighted by molar-refractivity contribution is 6.04. The molecule has 21 heavy (non-hydrogen) atoms. The lowest BCUT2D eigenvalue weighted by atomic mass is 9.92. The Labute approximate surface area is 118 Å². The van der Waals surface area contributed by atoms with E-state index in [9.17, 15) is 27.9 Å². The van der Waals surface area contributed by atoms with Gasteiger partial charge in [0.2, 0.25) is 0 Å². The van der Waals surface area contributed by atoms with Crippen molar-refractivity contribution in [3.05, 3.63) is 35.1 Å². The van der Waals surface area contributed by atoms with Gasteiger partial charge >= 0.3 is 11.9 Å². The lowest BCUT2D eigenvalue weighted by molar-refractivity contribution is -0.185. The highest BCUT2D eigenvalue weighted by Crippen LogP contribution is 2.30. The van der Waals surface area contributed by atoms with Gasteiger partial charge in [0.1, 0.15) is 17.5 Å². The quantitative estimate of drug-likeness (QED) is 0.658. The van der Waals surface area contributed by atoms with E-state index in [1.54, 1.807) is 0 Å². The molecule has 0 bridgehead atoms. The number of carbonyl (C=O) groups is 2. The Balaban J connectivity index is 3.51. The van der Waals surface area contributed by atoms with E-state index in [1.165, 1.54) is 13.8 Å². The van der Waals surface area contributed by atoms with Gasteiger partial charge in [-0.1, -0.05) is 0 Å². The van der Waals surface area contributed by atoms with E-state index in [0.717, 1.165) is 0 Å². The first kappa shape index (κ1) is 17.0. The van der Waals surface area contributed by atoms with Gasteiger partial charge in [-0.05, 0) is 13.8 Å². The Morgan fingerprint density at radius 2 is 1.43 bits per heavy atom. The second-order valence-corrected chi connectivity index (χ2v) is 3.90. The van der Waals surface area contributed by atoms with Crippen LogP contribution in [0.5, 0.6) is 0 Å². The zero-order valence-electron chi connectivity index (χ0n) is 11.3. The third kappa shape index (κ3) is 3.15. The van der Waals surface area contributed by atoms with Crippen molar-refractivity contribution < 1.29 is 37.3 Å². The molecule has 0 spiro atoms. The minimum absolute atomic E-state index is 0.224. The van der Waals surface area contributed by atoms with Crippen LogP contribution in [0.4, 0.5) is 13.2 Å². The Kier molecular flexibility index (Phi) is 5.31. The van der Waals surface area contributed by atoms with Crippen LogP contribution in [0.15, 0.2) is 12.1 Å². The summed E-state index contributed by atoms with van der Waals surface area (Å²) < 4.78 is 49.3. The second-order valence-electron chi connectivity index (χ2n) is 3.90. The molecule has 0 radical (unpaired) electrons. The number of esters is 2. The molecule has 0 aliphatic heterocycles. The molecule has 8 heteroatoms. The Bertz CT molecular complexity index is 518. The van der Waals surface area contributed by atoms with Crippen LogP contribution in [0.2, 0.25) is 0 Å². The number of halogens is 3. The summed E-state index contributed by atoms with van der Waals surface area (Å²) in [5, 5.41) is 10.2. The fraction of sp³-hybridized carbons (Fsp3) is 0.385. The predicted octanol–water partition coefficient (Wildman–Crippen LogP) is 1.42. The number of benzene rings is 1. The molecule has 5 nitrogen and oxygen atoms in total. The summed E-state index contributed by atoms with van der Waals surface area (Å²) in [6.45, 7) is 2.21. The van der Waals surface area contributed by atoms with Crippen LogP contribution in [0.25, 0.3) is 0 Å². The first-order valence-electron chi connectivity index (χ1n) is 6.00. The normalized spacial score (nSPS) is 11.1. The molecule has 0 aromatic heterocycles. The minimum Gasteiger partial charge on any atom is -0.463 e. The van der Waals surface area contributed by atoms with E-state index in [2.05, 4.69) is 9.47 Å². The summed E-state index contributed by atoms with van der Waals surface area (Å²) in [6, 6.07) is 0.448. The van der Waals surface area contributed by atoms with E-state index < -0.39 is 40.6 Å². The fourth-order valence-corrected chi connectivity index (χ4v) is 1.65. The van der Waals surface area contributed by atoms with Crippen LogP contribution in [-0.4, -0.2) is 30.3 Å². The highest BCUT2D eigenvalue weighted by Gasteiger charge is 2.53. The van der Waals surface area contributed by atoms with Crippen LogP contribution in [0.1, 0.15) is 19.4 Å². The minimum atomic E-state index is -3.35. The molecule has 0 atom stereocenters. The van der Waals surface area contributed by atoms with Crippen LogP contribution in [0, 0.1) is 17.5 Å². The smallest absolute Gasteiger partial charge is 0.355 e. The van der Waals surface area contributed by atoms with Gasteiger partial charge in [-0.3, -0.25) is 0 Å². The molecule has 0 aliphatic carbocycles. The van der Waals surface area contributed by atoms with Gasteiger partial charge in [0.05, 0.1) is 18.8 Å². The van der Waals surface area contributed by atoms with E-state index in [-0.39, 0.29) is 25.3 Å². The van der Waals surface area contributed by atoms with E-state index in [4.69, 9.17) is 0 Å². The zero-order chi connectivity index (χ0) is 16.2. The van der Waals surface area contributed by atoms with Crippen molar-refractivity contribution in [1.29, 1.82) is 0 Å². The lowest BCUT2D eigenvalue weighted by Crippen LogP contribution is -2.47. The van der Waals surface area contributed by atoms with Gasteiger partial charge in [0.25, 0.3) is 5.60 Å². The molecule has 0 fully saturated rings. The van der Waals surface area contributed by atoms with Crippen molar-refractivity contribution >= 4 is 11.9 Å². The maximum absolute atomic E-state index is 13.8. The highest BCUT2D eigenvalue weighted by atomic mass is 19.1. The molecule has 0 aliphatic rings. The van der Waals surface area contributed by atoms with Gasteiger partial charge in [-0.2, -0.15) is 0 Å². The lowest BCUT2D eigenvalue weighted by Gasteiger charge is -2.24. The summed E-state index contributed by atoms with van der Waals surface area (Å²) >= 11 is 0. The molecule has 0 saturated heterocycles. The van der Waals surface area contributed by atoms with Crippen LogP contribution in [-0.2, 0) is 24.7 Å². The second kappa shape index (κ2) is 6.57. The number of carbonyl (C=O) groups excluding carboxylic acids is 2. The number of aliphatic hydroxyl groups is 1. The summed E-state index contributed by atoms with van der Waals surface area (Å²) in [5.41, 5.74) is -4.70. The Hall–Kier alpha value is -2.09. The molecule has 1 aromatic rings. The molecule has 1 N–H and O–H groups in total. The maximum atomic E-state index is 13.8. The van der Waals surface area contributed by atoms with E-state index in [1.807, 2.05) is 0 Å². The van der Waals surface area contributed by atoms with E-state index >= 15 is 0 Å². The number of ether oxygens (including phenoxy) is 2. The predicted molar refractivity (Wildman–Crippen MR) is 63.5 cm³/mol. The topological polar surface area (TPSA) is 72.8 Å². The van der Waals surface area contributed by atoms with Gasteiger partial charge in [0, 0.05) is 12.1 Å². The summed E-state index contributed by atoms with van der Waals surface area (Å²) in [7, 11) is 0. The monoisotopic (exact) mass is 306 g/mol. The van der Waals surface area contributed by atoms with Gasteiger partial charge in [0.15, 0.2) is 0 Å². The molecular weight excluding hydrogens is 293 g/mol. The van der Waals surface area contributed by atoms with Gasteiger partial charge < -0.3 is 14.6 Å². The first-order chi connectivity index (χ1) is 9.78. The largest absolute Gasteiger partial charge is 0.463 e. The number of hydrogen-bond donors (Lipinski definition) is 1.